The van der Waals surface area contributed by atoms with Gasteiger partial charge >= 0.3 is 0 Å². The Kier molecular flexibility index (Phi) is 5.56. The van der Waals surface area contributed by atoms with Crippen LogP contribution >= 0.6 is 0 Å². The minimum absolute atomic E-state index is 0.00526. The van der Waals surface area contributed by atoms with Crippen molar-refractivity contribution in [3.63, 3.8) is 0 Å². The molecule has 5 heteroatoms. The van der Waals surface area contributed by atoms with Gasteiger partial charge in [-0.25, -0.2) is 0 Å². The maximum Gasteiger partial charge on any atom is 0.272 e. The Morgan fingerprint density at radius 3 is 2.62 bits per heavy atom. The molecule has 5 nitrogen and oxygen atoms in total. The number of amides is 1. The highest BCUT2D eigenvalue weighted by Gasteiger charge is 2.19. The monoisotopic (exact) mass is 290 g/mol. The molecule has 1 aliphatic carbocycles. The molecular weight excluding hydrogens is 264 g/mol. The number of anilines is 1. The van der Waals surface area contributed by atoms with Gasteiger partial charge in [0.05, 0.1) is 0 Å². The van der Waals surface area contributed by atoms with Gasteiger partial charge < -0.3 is 16.0 Å². The first-order valence-electron chi connectivity index (χ1n) is 7.91. The van der Waals surface area contributed by atoms with Crippen LogP contribution in [-0.4, -0.2) is 41.0 Å². The van der Waals surface area contributed by atoms with E-state index in [2.05, 4.69) is 10.3 Å². The molecule has 21 heavy (non-hydrogen) atoms. The Morgan fingerprint density at radius 1 is 1.33 bits per heavy atom. The van der Waals surface area contributed by atoms with E-state index in [1.54, 1.807) is 11.1 Å². The van der Waals surface area contributed by atoms with Crippen LogP contribution in [0.1, 0.15) is 50.0 Å². The Labute approximate surface area is 126 Å². The molecule has 1 aromatic rings. The number of carbonyl (C=O) groups is 1. The summed E-state index contributed by atoms with van der Waals surface area (Å²) in [6.07, 6.45) is 6.00. The number of nitrogens with two attached hydrogens (primary N) is 1. The number of carbonyl (C=O) groups excluding carboxylic acids is 1. The lowest BCUT2D eigenvalue weighted by atomic mass is 9.92. The third-order valence-electron chi connectivity index (χ3n) is 4.17. The summed E-state index contributed by atoms with van der Waals surface area (Å²) < 4.78 is 0. The number of hydrogen-bond acceptors (Lipinski definition) is 4. The highest BCUT2D eigenvalue weighted by atomic mass is 16.2. The van der Waals surface area contributed by atoms with Crippen LogP contribution in [0.2, 0.25) is 0 Å². The van der Waals surface area contributed by atoms with E-state index in [0.29, 0.717) is 30.9 Å². The van der Waals surface area contributed by atoms with E-state index in [-0.39, 0.29) is 5.91 Å². The molecule has 0 radical (unpaired) electrons. The topological polar surface area (TPSA) is 71.2 Å². The van der Waals surface area contributed by atoms with E-state index in [0.717, 1.165) is 31.4 Å². The van der Waals surface area contributed by atoms with Crippen LogP contribution in [0.15, 0.2) is 18.3 Å². The van der Waals surface area contributed by atoms with Crippen molar-refractivity contribution in [2.45, 2.75) is 51.6 Å². The van der Waals surface area contributed by atoms with Crippen molar-refractivity contribution in [3.05, 3.63) is 24.0 Å². The van der Waals surface area contributed by atoms with Gasteiger partial charge in [0.15, 0.2) is 0 Å². The van der Waals surface area contributed by atoms with Gasteiger partial charge in [0.25, 0.3) is 5.91 Å². The molecule has 1 amide bonds. The lowest BCUT2D eigenvalue weighted by Gasteiger charge is -2.27. The van der Waals surface area contributed by atoms with Crippen molar-refractivity contribution in [1.82, 2.24) is 9.88 Å². The zero-order valence-electron chi connectivity index (χ0n) is 13.0. The minimum Gasteiger partial charge on any atom is -0.382 e. The Morgan fingerprint density at radius 2 is 2.00 bits per heavy atom. The number of hydrogen-bond donors (Lipinski definition) is 2. The van der Waals surface area contributed by atoms with Crippen molar-refractivity contribution in [3.8, 4) is 0 Å². The van der Waals surface area contributed by atoms with Crippen molar-refractivity contribution in [2.75, 3.05) is 18.4 Å². The third kappa shape index (κ3) is 4.17. The summed E-state index contributed by atoms with van der Waals surface area (Å²) in [4.78, 5) is 18.3. The normalized spacial score (nSPS) is 21.9. The SMILES string of the molecule is CCN(CC)C(=O)c1cc(NC2CCC(N)CC2)ccn1. The van der Waals surface area contributed by atoms with Gasteiger partial charge in [0, 0.05) is 37.1 Å². The van der Waals surface area contributed by atoms with Gasteiger partial charge in [0.1, 0.15) is 5.69 Å². The molecule has 3 N–H and O–H groups in total. The second-order valence-corrected chi connectivity index (χ2v) is 5.66. The second kappa shape index (κ2) is 7.41. The second-order valence-electron chi connectivity index (χ2n) is 5.66. The van der Waals surface area contributed by atoms with E-state index < -0.39 is 0 Å². The highest BCUT2D eigenvalue weighted by Crippen LogP contribution is 2.21. The van der Waals surface area contributed by atoms with Crippen LogP contribution in [0.4, 0.5) is 5.69 Å². The lowest BCUT2D eigenvalue weighted by molar-refractivity contribution is 0.0767. The smallest absolute Gasteiger partial charge is 0.272 e. The molecule has 1 heterocycles. The molecule has 0 saturated heterocycles. The summed E-state index contributed by atoms with van der Waals surface area (Å²) in [6, 6.07) is 4.58. The van der Waals surface area contributed by atoms with Crippen molar-refractivity contribution in [2.24, 2.45) is 5.73 Å². The Hall–Kier alpha value is -1.62. The fourth-order valence-electron chi connectivity index (χ4n) is 2.81. The summed E-state index contributed by atoms with van der Waals surface area (Å²) >= 11 is 0. The Bertz CT molecular complexity index is 465. The number of pyridine rings is 1. The molecule has 0 bridgehead atoms. The van der Waals surface area contributed by atoms with Gasteiger partial charge in [0.2, 0.25) is 0 Å². The summed E-state index contributed by atoms with van der Waals surface area (Å²) in [5, 5.41) is 3.51. The summed E-state index contributed by atoms with van der Waals surface area (Å²) in [5.74, 6) is -0.00526. The summed E-state index contributed by atoms with van der Waals surface area (Å²) in [7, 11) is 0. The maximum atomic E-state index is 12.3. The average molecular weight is 290 g/mol. The van der Waals surface area contributed by atoms with E-state index in [4.69, 9.17) is 5.73 Å². The highest BCUT2D eigenvalue weighted by molar-refractivity contribution is 5.93. The molecule has 0 atom stereocenters. The van der Waals surface area contributed by atoms with E-state index >= 15 is 0 Å². The number of nitrogens with zero attached hydrogens (tertiary/aromatic N) is 2. The van der Waals surface area contributed by atoms with Crippen LogP contribution in [0, 0.1) is 0 Å². The molecule has 0 aromatic carbocycles. The van der Waals surface area contributed by atoms with E-state index in [9.17, 15) is 4.79 Å². The van der Waals surface area contributed by atoms with Crippen molar-refractivity contribution < 1.29 is 4.79 Å². The fourth-order valence-corrected chi connectivity index (χ4v) is 2.81. The van der Waals surface area contributed by atoms with Gasteiger partial charge in [-0.3, -0.25) is 9.78 Å². The fraction of sp³-hybridized carbons (Fsp3) is 0.625. The zero-order chi connectivity index (χ0) is 15.2. The molecule has 2 rings (SSSR count). The molecule has 1 fully saturated rings. The van der Waals surface area contributed by atoms with Gasteiger partial charge in [-0.15, -0.1) is 0 Å². The Balaban J connectivity index is 2.02. The largest absolute Gasteiger partial charge is 0.382 e. The predicted molar refractivity (Wildman–Crippen MR) is 85.3 cm³/mol. The van der Waals surface area contributed by atoms with Gasteiger partial charge in [-0.2, -0.15) is 0 Å². The van der Waals surface area contributed by atoms with Crippen LogP contribution in [-0.2, 0) is 0 Å². The molecule has 1 saturated carbocycles. The van der Waals surface area contributed by atoms with Crippen molar-refractivity contribution >= 4 is 11.6 Å². The predicted octanol–water partition coefficient (Wildman–Crippen LogP) is 2.25. The van der Waals surface area contributed by atoms with Crippen LogP contribution in [0.25, 0.3) is 0 Å². The number of rotatable bonds is 5. The zero-order valence-corrected chi connectivity index (χ0v) is 13.0. The first kappa shape index (κ1) is 15.8. The van der Waals surface area contributed by atoms with Gasteiger partial charge in [-0.05, 0) is 51.7 Å². The molecule has 116 valence electrons. The standard InChI is InChI=1S/C16H26N4O/c1-3-20(4-2)16(21)15-11-14(9-10-18-15)19-13-7-5-12(17)6-8-13/h9-13H,3-8,17H2,1-2H3,(H,18,19). The van der Waals surface area contributed by atoms with Crippen LogP contribution in [0.3, 0.4) is 0 Å². The summed E-state index contributed by atoms with van der Waals surface area (Å²) in [6.45, 7) is 5.37. The molecule has 1 aromatic heterocycles. The number of aromatic nitrogens is 1. The first-order chi connectivity index (χ1) is 10.1. The first-order valence-corrected chi connectivity index (χ1v) is 7.91. The van der Waals surface area contributed by atoms with Crippen molar-refractivity contribution in [1.29, 1.82) is 0 Å². The lowest BCUT2D eigenvalue weighted by Crippen LogP contribution is -2.33. The van der Waals surface area contributed by atoms with Crippen LogP contribution < -0.4 is 11.1 Å². The number of nitrogens with one attached hydrogen (secondary N) is 1. The summed E-state index contributed by atoms with van der Waals surface area (Å²) in [5.41, 5.74) is 7.41. The minimum atomic E-state index is -0.00526. The van der Waals surface area contributed by atoms with E-state index in [1.807, 2.05) is 26.0 Å². The molecule has 0 aliphatic heterocycles. The van der Waals surface area contributed by atoms with E-state index in [1.165, 1.54) is 0 Å². The van der Waals surface area contributed by atoms with Gasteiger partial charge in [-0.1, -0.05) is 0 Å². The third-order valence-corrected chi connectivity index (χ3v) is 4.17. The molecular formula is C16H26N4O. The molecule has 0 spiro atoms. The van der Waals surface area contributed by atoms with Crippen LogP contribution in [0.5, 0.6) is 0 Å². The quantitative estimate of drug-likeness (QED) is 0.872. The maximum absolute atomic E-state index is 12.3. The molecule has 0 unspecified atom stereocenters. The average Bonchev–Trinajstić information content (AvgIpc) is 2.51. The molecule has 1 aliphatic rings.